The van der Waals surface area contributed by atoms with Crippen molar-refractivity contribution in [2.75, 3.05) is 13.6 Å². The largest absolute Gasteiger partial charge is 0.429 e. The van der Waals surface area contributed by atoms with Crippen molar-refractivity contribution in [3.8, 4) is 5.75 Å². The first kappa shape index (κ1) is 13.7. The predicted molar refractivity (Wildman–Crippen MR) is 69.3 cm³/mol. The van der Waals surface area contributed by atoms with Crippen LogP contribution in [0.1, 0.15) is 31.7 Å². The maximum atomic E-state index is 10.3. The Labute approximate surface area is 103 Å². The van der Waals surface area contributed by atoms with Crippen molar-refractivity contribution in [2.24, 2.45) is 5.92 Å². The fourth-order valence-electron chi connectivity index (χ4n) is 2.30. The van der Waals surface area contributed by atoms with Crippen LogP contribution < -0.4 is 10.1 Å². The first-order chi connectivity index (χ1) is 8.22. The average molecular weight is 235 g/mol. The Kier molecular flexibility index (Phi) is 5.70. The minimum Gasteiger partial charge on any atom is -0.429 e. The number of benzene rings is 1. The lowest BCUT2D eigenvalue weighted by molar-refractivity contribution is -0.120. The lowest BCUT2D eigenvalue weighted by Crippen LogP contribution is -2.22. The molecule has 1 aromatic carbocycles. The smallest absolute Gasteiger partial charge is 0.298 e. The van der Waals surface area contributed by atoms with Crippen LogP contribution in [0.5, 0.6) is 5.75 Å². The summed E-state index contributed by atoms with van der Waals surface area (Å²) >= 11 is 0. The minimum atomic E-state index is 0.469. The van der Waals surface area contributed by atoms with Gasteiger partial charge in [-0.15, -0.1) is 0 Å². The molecule has 1 N–H and O–H groups in total. The van der Waals surface area contributed by atoms with Gasteiger partial charge >= 0.3 is 0 Å². The van der Waals surface area contributed by atoms with E-state index in [1.807, 2.05) is 19.2 Å². The van der Waals surface area contributed by atoms with Gasteiger partial charge in [-0.1, -0.05) is 26.0 Å². The predicted octanol–water partition coefficient (Wildman–Crippen LogP) is 2.57. The van der Waals surface area contributed by atoms with Crippen molar-refractivity contribution in [3.63, 3.8) is 0 Å². The van der Waals surface area contributed by atoms with Crippen LogP contribution in [0.25, 0.3) is 0 Å². The van der Waals surface area contributed by atoms with Crippen LogP contribution in [0.3, 0.4) is 0 Å². The molecule has 0 aliphatic heterocycles. The molecule has 2 atom stereocenters. The van der Waals surface area contributed by atoms with Gasteiger partial charge < -0.3 is 10.1 Å². The van der Waals surface area contributed by atoms with Crippen molar-refractivity contribution in [2.45, 2.75) is 26.2 Å². The minimum absolute atomic E-state index is 0.469. The van der Waals surface area contributed by atoms with Crippen molar-refractivity contribution < 1.29 is 9.53 Å². The molecule has 0 saturated carbocycles. The van der Waals surface area contributed by atoms with Crippen LogP contribution in [-0.2, 0) is 4.79 Å². The van der Waals surface area contributed by atoms with Crippen LogP contribution >= 0.6 is 0 Å². The summed E-state index contributed by atoms with van der Waals surface area (Å²) in [5.41, 5.74) is 1.23. The van der Waals surface area contributed by atoms with Crippen LogP contribution in [0.15, 0.2) is 24.3 Å². The fourth-order valence-corrected chi connectivity index (χ4v) is 2.30. The van der Waals surface area contributed by atoms with E-state index in [0.29, 0.717) is 24.1 Å². The van der Waals surface area contributed by atoms with Gasteiger partial charge in [0, 0.05) is 0 Å². The van der Waals surface area contributed by atoms with E-state index in [-0.39, 0.29) is 0 Å². The molecule has 0 spiro atoms. The summed E-state index contributed by atoms with van der Waals surface area (Å²) in [5, 5.41) is 3.20. The Morgan fingerprint density at radius 2 is 2.24 bits per heavy atom. The maximum Gasteiger partial charge on any atom is 0.298 e. The normalized spacial score (nSPS) is 14.1. The summed E-state index contributed by atoms with van der Waals surface area (Å²) in [5.74, 6) is 1.65. The molecule has 0 radical (unpaired) electrons. The van der Waals surface area contributed by atoms with Crippen molar-refractivity contribution in [3.05, 3.63) is 29.8 Å². The van der Waals surface area contributed by atoms with E-state index < -0.39 is 0 Å². The van der Waals surface area contributed by atoms with E-state index in [1.54, 1.807) is 6.07 Å². The Balaban J connectivity index is 2.86. The van der Waals surface area contributed by atoms with E-state index in [9.17, 15) is 4.79 Å². The summed E-state index contributed by atoms with van der Waals surface area (Å²) in [6.07, 6.45) is 1.08. The molecule has 1 rings (SSSR count). The van der Waals surface area contributed by atoms with Crippen LogP contribution in [0, 0.1) is 5.92 Å². The number of rotatable bonds is 7. The van der Waals surface area contributed by atoms with Crippen molar-refractivity contribution in [1.29, 1.82) is 0 Å². The molecule has 0 saturated heterocycles. The molecule has 0 bridgehead atoms. The molecule has 0 fully saturated rings. The Hall–Kier alpha value is -1.35. The van der Waals surface area contributed by atoms with Gasteiger partial charge in [-0.25, -0.2) is 0 Å². The topological polar surface area (TPSA) is 38.3 Å². The highest BCUT2D eigenvalue weighted by Gasteiger charge is 2.17. The molecule has 3 heteroatoms. The zero-order valence-corrected chi connectivity index (χ0v) is 10.8. The zero-order valence-electron chi connectivity index (χ0n) is 10.8. The number of carbonyl (C=O) groups excluding carboxylic acids is 1. The van der Waals surface area contributed by atoms with E-state index in [4.69, 9.17) is 4.74 Å². The highest BCUT2D eigenvalue weighted by Crippen LogP contribution is 2.29. The first-order valence-electron chi connectivity index (χ1n) is 6.07. The molecule has 17 heavy (non-hydrogen) atoms. The van der Waals surface area contributed by atoms with E-state index >= 15 is 0 Å². The van der Waals surface area contributed by atoms with Crippen LogP contribution in [0.2, 0.25) is 0 Å². The molecular formula is C14H21NO2. The van der Waals surface area contributed by atoms with Gasteiger partial charge in [-0.05, 0) is 49.5 Å². The van der Waals surface area contributed by atoms with E-state index in [0.717, 1.165) is 13.0 Å². The Morgan fingerprint density at radius 1 is 1.47 bits per heavy atom. The van der Waals surface area contributed by atoms with E-state index in [1.165, 1.54) is 5.56 Å². The third-order valence-corrected chi connectivity index (χ3v) is 3.12. The summed E-state index contributed by atoms with van der Waals surface area (Å²) in [6, 6.07) is 7.78. The highest BCUT2D eigenvalue weighted by molar-refractivity contribution is 5.46. The molecule has 0 heterocycles. The summed E-state index contributed by atoms with van der Waals surface area (Å²) in [7, 11) is 1.97. The van der Waals surface area contributed by atoms with Crippen molar-refractivity contribution >= 4 is 6.47 Å². The number of ether oxygens (including phenoxy) is 1. The fraction of sp³-hybridized carbons (Fsp3) is 0.500. The molecule has 2 unspecified atom stereocenters. The van der Waals surface area contributed by atoms with E-state index in [2.05, 4.69) is 25.2 Å². The van der Waals surface area contributed by atoms with Crippen molar-refractivity contribution in [1.82, 2.24) is 5.32 Å². The van der Waals surface area contributed by atoms with Gasteiger partial charge in [0.2, 0.25) is 0 Å². The van der Waals surface area contributed by atoms with Gasteiger partial charge in [0.25, 0.3) is 6.47 Å². The second-order valence-corrected chi connectivity index (χ2v) is 4.34. The van der Waals surface area contributed by atoms with Crippen LogP contribution in [0.4, 0.5) is 0 Å². The van der Waals surface area contributed by atoms with Gasteiger partial charge in [0.05, 0.1) is 0 Å². The summed E-state index contributed by atoms with van der Waals surface area (Å²) in [4.78, 5) is 10.3. The molecule has 94 valence electrons. The second kappa shape index (κ2) is 7.07. The first-order valence-corrected chi connectivity index (χ1v) is 6.07. The highest BCUT2D eigenvalue weighted by atomic mass is 16.5. The molecule has 1 aromatic rings. The van der Waals surface area contributed by atoms with Gasteiger partial charge in [-0.3, -0.25) is 4.79 Å². The van der Waals surface area contributed by atoms with Gasteiger partial charge in [0.1, 0.15) is 5.75 Å². The Morgan fingerprint density at radius 3 is 2.82 bits per heavy atom. The third kappa shape index (κ3) is 3.86. The number of hydrogen-bond acceptors (Lipinski definition) is 3. The van der Waals surface area contributed by atoms with Gasteiger partial charge in [-0.2, -0.15) is 0 Å². The zero-order chi connectivity index (χ0) is 12.7. The monoisotopic (exact) mass is 235 g/mol. The quantitative estimate of drug-likeness (QED) is 0.738. The van der Waals surface area contributed by atoms with Crippen LogP contribution in [-0.4, -0.2) is 20.1 Å². The molecule has 3 nitrogen and oxygen atoms in total. The molecule has 0 aliphatic rings. The Bertz CT molecular complexity index is 352. The third-order valence-electron chi connectivity index (χ3n) is 3.12. The number of nitrogens with one attached hydrogen (secondary N) is 1. The standard InChI is InChI=1S/C14H21NO2/c1-4-14(11(2)9-15-3)12-6-5-7-13(8-12)17-10-16/h5-8,10-11,14-15H,4,9H2,1-3H3. The molecular weight excluding hydrogens is 214 g/mol. The average Bonchev–Trinajstić information content (AvgIpc) is 2.31. The lowest BCUT2D eigenvalue weighted by Gasteiger charge is -2.23. The SMILES string of the molecule is CCC(c1cccc(OC=O)c1)C(C)CNC. The second-order valence-electron chi connectivity index (χ2n) is 4.34. The number of carbonyl (C=O) groups is 1. The van der Waals surface area contributed by atoms with Gasteiger partial charge in [0.15, 0.2) is 0 Å². The summed E-state index contributed by atoms with van der Waals surface area (Å²) in [6.45, 7) is 5.87. The molecule has 0 amide bonds. The lowest BCUT2D eigenvalue weighted by atomic mass is 9.85. The molecule has 0 aromatic heterocycles. The number of hydrogen-bond donors (Lipinski definition) is 1. The molecule has 0 aliphatic carbocycles. The summed E-state index contributed by atoms with van der Waals surface area (Å²) < 4.78 is 4.88. The maximum absolute atomic E-state index is 10.3.